The van der Waals surface area contributed by atoms with Crippen molar-refractivity contribution in [1.82, 2.24) is 10.0 Å². The van der Waals surface area contributed by atoms with Crippen molar-refractivity contribution in [2.24, 2.45) is 0 Å². The predicted molar refractivity (Wildman–Crippen MR) is 137 cm³/mol. The molecular weight excluding hydrogens is 516 g/mol. The van der Waals surface area contributed by atoms with Gasteiger partial charge in [0.25, 0.3) is 0 Å². The molecule has 0 heterocycles. The van der Waals surface area contributed by atoms with Crippen LogP contribution in [0.4, 0.5) is 0 Å². The van der Waals surface area contributed by atoms with E-state index in [0.717, 1.165) is 15.6 Å². The highest BCUT2D eigenvalue weighted by Crippen LogP contribution is 2.23. The fourth-order valence-corrected chi connectivity index (χ4v) is 5.27. The highest BCUT2D eigenvalue weighted by Gasteiger charge is 2.27. The third-order valence-corrected chi connectivity index (χ3v) is 7.32. The summed E-state index contributed by atoms with van der Waals surface area (Å²) in [5, 5.41) is 2.95. The second-order valence-electron chi connectivity index (χ2n) is 8.01. The molecule has 3 rings (SSSR count). The van der Waals surface area contributed by atoms with Gasteiger partial charge < -0.3 is 10.1 Å². The number of aryl methyl sites for hydroxylation is 1. The van der Waals surface area contributed by atoms with Gasteiger partial charge in [-0.25, -0.2) is 8.42 Å². The van der Waals surface area contributed by atoms with Crippen LogP contribution in [0.2, 0.25) is 0 Å². The standard InChI is InChI=1S/C26H29BrN2O4S/c1-4-33-25-14-13-23(15-18(25)2)34(31,32)29-24(16-20-9-6-5-7-10-20)26(30)28-19(3)21-11-8-12-22(27)17-21/h5-15,17,19,24,29H,4,16H2,1-3H3,(H,28,30)/t19-,24+/m0/s1. The van der Waals surface area contributed by atoms with E-state index in [9.17, 15) is 13.2 Å². The van der Waals surface area contributed by atoms with Crippen LogP contribution in [0.25, 0.3) is 0 Å². The van der Waals surface area contributed by atoms with E-state index in [-0.39, 0.29) is 17.4 Å². The van der Waals surface area contributed by atoms with Crippen molar-refractivity contribution in [1.29, 1.82) is 0 Å². The summed E-state index contributed by atoms with van der Waals surface area (Å²) in [6.07, 6.45) is 0.215. The lowest BCUT2D eigenvalue weighted by Gasteiger charge is -2.22. The van der Waals surface area contributed by atoms with Gasteiger partial charge in [-0.15, -0.1) is 0 Å². The summed E-state index contributed by atoms with van der Waals surface area (Å²) in [5.41, 5.74) is 2.46. The van der Waals surface area contributed by atoms with Crippen molar-refractivity contribution in [3.05, 3.63) is 94.0 Å². The van der Waals surface area contributed by atoms with E-state index < -0.39 is 22.0 Å². The number of halogens is 1. The molecule has 0 aliphatic heterocycles. The molecule has 0 saturated heterocycles. The average Bonchev–Trinajstić information content (AvgIpc) is 2.80. The molecule has 0 aromatic heterocycles. The number of carbonyl (C=O) groups excluding carboxylic acids is 1. The maximum atomic E-state index is 13.3. The van der Waals surface area contributed by atoms with Gasteiger partial charge in [-0.1, -0.05) is 58.4 Å². The monoisotopic (exact) mass is 544 g/mol. The predicted octanol–water partition coefficient (Wildman–Crippen LogP) is 4.92. The minimum Gasteiger partial charge on any atom is -0.494 e. The maximum Gasteiger partial charge on any atom is 0.241 e. The molecule has 0 radical (unpaired) electrons. The van der Waals surface area contributed by atoms with Crippen molar-refractivity contribution < 1.29 is 17.9 Å². The van der Waals surface area contributed by atoms with Crippen molar-refractivity contribution in [2.45, 2.75) is 44.2 Å². The number of carbonyl (C=O) groups is 1. The number of ether oxygens (including phenoxy) is 1. The molecule has 0 aliphatic rings. The molecule has 0 unspecified atom stereocenters. The summed E-state index contributed by atoms with van der Waals surface area (Å²) in [6, 6.07) is 20.3. The summed E-state index contributed by atoms with van der Waals surface area (Å²) in [5.74, 6) is 0.227. The lowest BCUT2D eigenvalue weighted by Crippen LogP contribution is -2.48. The summed E-state index contributed by atoms with van der Waals surface area (Å²) >= 11 is 3.44. The van der Waals surface area contributed by atoms with Gasteiger partial charge in [0.1, 0.15) is 11.8 Å². The minimum absolute atomic E-state index is 0.0827. The number of nitrogens with one attached hydrogen (secondary N) is 2. The van der Waals surface area contributed by atoms with E-state index in [4.69, 9.17) is 4.74 Å². The van der Waals surface area contributed by atoms with Crippen LogP contribution < -0.4 is 14.8 Å². The van der Waals surface area contributed by atoms with Gasteiger partial charge in [-0.2, -0.15) is 4.72 Å². The Balaban J connectivity index is 1.85. The van der Waals surface area contributed by atoms with Gasteiger partial charge in [-0.05, 0) is 74.2 Å². The SMILES string of the molecule is CCOc1ccc(S(=O)(=O)N[C@H](Cc2ccccc2)C(=O)N[C@@H](C)c2cccc(Br)c2)cc1C. The normalized spacial score (nSPS) is 13.2. The highest BCUT2D eigenvalue weighted by atomic mass is 79.9. The molecule has 0 fully saturated rings. The van der Waals surface area contributed by atoms with Crippen LogP contribution in [0, 0.1) is 6.92 Å². The molecule has 0 spiro atoms. The van der Waals surface area contributed by atoms with Crippen LogP contribution in [0.15, 0.2) is 82.2 Å². The van der Waals surface area contributed by atoms with E-state index >= 15 is 0 Å². The Labute approximate surface area is 209 Å². The van der Waals surface area contributed by atoms with Gasteiger partial charge in [0.15, 0.2) is 0 Å². The molecule has 34 heavy (non-hydrogen) atoms. The van der Waals surface area contributed by atoms with E-state index in [2.05, 4.69) is 26.0 Å². The summed E-state index contributed by atoms with van der Waals surface area (Å²) in [6.45, 7) is 6.01. The molecular formula is C26H29BrN2O4S. The Morgan fingerprint density at radius 1 is 1.03 bits per heavy atom. The largest absolute Gasteiger partial charge is 0.494 e. The zero-order valence-electron chi connectivity index (χ0n) is 19.4. The number of hydrogen-bond acceptors (Lipinski definition) is 4. The molecule has 8 heteroatoms. The first kappa shape index (κ1) is 25.9. The Kier molecular flexibility index (Phi) is 8.88. The zero-order valence-corrected chi connectivity index (χ0v) is 21.8. The van der Waals surface area contributed by atoms with Crippen LogP contribution in [0.5, 0.6) is 5.75 Å². The molecule has 180 valence electrons. The Hall–Kier alpha value is -2.68. The number of benzene rings is 3. The number of rotatable bonds is 10. The molecule has 0 saturated carbocycles. The fourth-order valence-electron chi connectivity index (χ4n) is 3.57. The molecule has 3 aromatic rings. The highest BCUT2D eigenvalue weighted by molar-refractivity contribution is 9.10. The van der Waals surface area contributed by atoms with Crippen LogP contribution >= 0.6 is 15.9 Å². The Morgan fingerprint density at radius 2 is 1.76 bits per heavy atom. The van der Waals surface area contributed by atoms with Gasteiger partial charge in [0.2, 0.25) is 15.9 Å². The first-order valence-corrected chi connectivity index (χ1v) is 13.3. The van der Waals surface area contributed by atoms with Crippen LogP contribution in [0.3, 0.4) is 0 Å². The van der Waals surface area contributed by atoms with Crippen molar-refractivity contribution in [2.75, 3.05) is 6.61 Å². The van der Waals surface area contributed by atoms with Gasteiger partial charge in [-0.3, -0.25) is 4.79 Å². The number of amides is 1. The van der Waals surface area contributed by atoms with Gasteiger partial charge in [0, 0.05) is 4.47 Å². The third kappa shape index (κ3) is 6.91. The summed E-state index contributed by atoms with van der Waals surface area (Å²) in [7, 11) is -3.96. The maximum absolute atomic E-state index is 13.3. The first-order valence-electron chi connectivity index (χ1n) is 11.0. The first-order chi connectivity index (χ1) is 16.2. The van der Waals surface area contributed by atoms with Crippen molar-refractivity contribution in [3.63, 3.8) is 0 Å². The lowest BCUT2D eigenvalue weighted by atomic mass is 10.0. The van der Waals surface area contributed by atoms with Crippen molar-refractivity contribution >= 4 is 31.9 Å². The molecule has 2 atom stereocenters. The van der Waals surface area contributed by atoms with Crippen LogP contribution in [0.1, 0.15) is 36.6 Å². The molecule has 1 amide bonds. The minimum atomic E-state index is -3.96. The molecule has 2 N–H and O–H groups in total. The van der Waals surface area contributed by atoms with Gasteiger partial charge >= 0.3 is 0 Å². The quantitative estimate of drug-likeness (QED) is 0.379. The molecule has 0 aliphatic carbocycles. The Bertz CT molecular complexity index is 1230. The molecule has 3 aromatic carbocycles. The zero-order chi connectivity index (χ0) is 24.7. The second-order valence-corrected chi connectivity index (χ2v) is 10.6. The van der Waals surface area contributed by atoms with E-state index in [1.807, 2.05) is 68.4 Å². The number of hydrogen-bond donors (Lipinski definition) is 2. The molecule has 0 bridgehead atoms. The summed E-state index contributed by atoms with van der Waals surface area (Å²) < 4.78 is 35.5. The van der Waals surface area contributed by atoms with E-state index in [1.165, 1.54) is 6.07 Å². The van der Waals surface area contributed by atoms with E-state index in [1.54, 1.807) is 19.1 Å². The average molecular weight is 545 g/mol. The van der Waals surface area contributed by atoms with E-state index in [0.29, 0.717) is 17.9 Å². The lowest BCUT2D eigenvalue weighted by molar-refractivity contribution is -0.123. The third-order valence-electron chi connectivity index (χ3n) is 5.36. The Morgan fingerprint density at radius 3 is 2.41 bits per heavy atom. The fraction of sp³-hybridized carbons (Fsp3) is 0.269. The molecule has 6 nitrogen and oxygen atoms in total. The summed E-state index contributed by atoms with van der Waals surface area (Å²) in [4.78, 5) is 13.3. The second kappa shape index (κ2) is 11.6. The number of sulfonamides is 1. The topological polar surface area (TPSA) is 84.5 Å². The van der Waals surface area contributed by atoms with Crippen LogP contribution in [-0.2, 0) is 21.2 Å². The van der Waals surface area contributed by atoms with Crippen molar-refractivity contribution in [3.8, 4) is 5.75 Å². The van der Waals surface area contributed by atoms with Crippen LogP contribution in [-0.4, -0.2) is 27.0 Å². The smallest absolute Gasteiger partial charge is 0.241 e. The van der Waals surface area contributed by atoms with Gasteiger partial charge in [0.05, 0.1) is 17.5 Å².